The van der Waals surface area contributed by atoms with Gasteiger partial charge >= 0.3 is 39.1 Å². The van der Waals surface area contributed by atoms with Crippen molar-refractivity contribution < 1.29 is 133 Å². The molecule has 504 valence electrons. The first-order chi connectivity index (χ1) is 43.8. The third kappa shape index (κ3) is 13.6. The molecule has 4 aliphatic rings. The molecule has 19 N–H and O–H groups in total. The Morgan fingerprint density at radius 1 is 0.355 bits per heavy atom. The van der Waals surface area contributed by atoms with Crippen LogP contribution in [0.5, 0.6) is 0 Å². The Kier molecular flexibility index (Phi) is 18.1. The van der Waals surface area contributed by atoms with E-state index in [2.05, 4.69) is 64.3 Å². The van der Waals surface area contributed by atoms with Gasteiger partial charge in [-0.05, 0) is 0 Å². The van der Waals surface area contributed by atoms with Gasteiger partial charge in [0.2, 0.25) is 0 Å². The highest BCUT2D eigenvalue weighted by molar-refractivity contribution is 7.48. The number of aliphatic hydroxyl groups excluding tert-OH is 4. The number of ether oxygens (including phenoxy) is 4. The van der Waals surface area contributed by atoms with Gasteiger partial charge in [-0.1, -0.05) is 0 Å². The van der Waals surface area contributed by atoms with E-state index in [9.17, 15) is 77.5 Å². The molecular weight excluding hydrogens is 1360 g/mol. The minimum atomic E-state index is -5.68. The van der Waals surface area contributed by atoms with Gasteiger partial charge < -0.3 is 96.6 Å². The number of aromatic nitrogens is 16. The van der Waals surface area contributed by atoms with Crippen molar-refractivity contribution in [3.8, 4) is 0 Å². The number of phosphoric ester groups is 5. The molecule has 0 aromatic carbocycles. The zero-order chi connectivity index (χ0) is 66.4. The third-order valence-electron chi connectivity index (χ3n) is 14.5. The van der Waals surface area contributed by atoms with Crippen LogP contribution in [0, 0.1) is 0 Å². The van der Waals surface area contributed by atoms with Crippen LogP contribution in [0.1, 0.15) is 24.9 Å². The summed E-state index contributed by atoms with van der Waals surface area (Å²) < 4.78 is 135. The van der Waals surface area contributed by atoms with Gasteiger partial charge in [0.25, 0.3) is 0 Å². The van der Waals surface area contributed by atoms with Gasteiger partial charge in [-0.15, -0.1) is 0 Å². The molecule has 8 aromatic heterocycles. The fourth-order valence-corrected chi connectivity index (χ4v) is 14.1. The molecule has 93 heavy (non-hydrogen) atoms. The van der Waals surface area contributed by atoms with Crippen LogP contribution in [0.15, 0.2) is 50.6 Å². The second kappa shape index (κ2) is 25.3. The fraction of sp³-hybridized carbons (Fsp3) is 0.500. The first-order valence-electron chi connectivity index (χ1n) is 26.3. The lowest BCUT2D eigenvalue weighted by atomic mass is 10.1. The van der Waals surface area contributed by atoms with Crippen molar-refractivity contribution in [3.63, 3.8) is 0 Å². The predicted octanol–water partition coefficient (Wildman–Crippen LogP) is -4.20. The monoisotopic (exact) mass is 1410 g/mol. The molecule has 4 aliphatic heterocycles. The minimum Gasteiger partial charge on any atom is -0.387 e. The number of imidazole rings is 4. The fourth-order valence-electron chi connectivity index (χ4n) is 10.4. The Balaban J connectivity index is 0.757. The lowest BCUT2D eigenvalue weighted by Crippen LogP contribution is -2.37. The molecule has 0 aliphatic carbocycles. The minimum absolute atomic E-state index is 0.000116. The highest BCUT2D eigenvalue weighted by atomic mass is 31.2. The summed E-state index contributed by atoms with van der Waals surface area (Å²) in [6.07, 6.45) is -22.3. The van der Waals surface area contributed by atoms with Crippen LogP contribution in [0.2, 0.25) is 0 Å². The lowest BCUT2D eigenvalue weighted by molar-refractivity contribution is -0.0655. The zero-order valence-corrected chi connectivity index (χ0v) is 50.7. The van der Waals surface area contributed by atoms with Crippen LogP contribution in [0.3, 0.4) is 0 Å². The Labute approximate surface area is 514 Å². The number of aliphatic hydroxyl groups is 4. The SMILES string of the molecule is Nc1ncnc2c1ncn2[C@@H]1O[C@H](COP(=O)(O)O[C@H]2[C@H](O)[C@@H](COP(=O)(O)O[C@@H]3[C@H](O)[C@@H](COP(=O)(O)O[C@H]4[C@H](O)[C@@H](COP(=O)(O)O)O[C@H]4n4cnc5c(N)ncnc54)O[C@H]3n3cnc4c(N)ncnc43)O[C@H]2n2cnc3c(N)ncnc32)[C@@H](O)[C@H]1OP(=O)(O)O. The summed E-state index contributed by atoms with van der Waals surface area (Å²) in [5, 5.41) is 46.3. The summed E-state index contributed by atoms with van der Waals surface area (Å²) in [7, 11) is -27.4. The van der Waals surface area contributed by atoms with Crippen LogP contribution >= 0.6 is 39.1 Å². The van der Waals surface area contributed by atoms with E-state index in [0.717, 1.165) is 68.9 Å². The number of anilines is 4. The highest BCUT2D eigenvalue weighted by Gasteiger charge is 2.56. The average molecular weight is 1410 g/mol. The van der Waals surface area contributed by atoms with Crippen LogP contribution in [0.4, 0.5) is 23.3 Å². The number of nitrogens with zero attached hydrogens (tertiary/aromatic N) is 16. The van der Waals surface area contributed by atoms with Gasteiger partial charge in [-0.25, -0.2) is 82.6 Å². The first kappa shape index (κ1) is 66.6. The molecule has 48 nitrogen and oxygen atoms in total. The number of nitrogens with two attached hydrogens (primary N) is 4. The highest BCUT2D eigenvalue weighted by Crippen LogP contribution is 2.55. The zero-order valence-electron chi connectivity index (χ0n) is 46.2. The molecular formula is C40H51N20O28P5. The average Bonchev–Trinajstić information content (AvgIpc) is 1.64. The largest absolute Gasteiger partial charge is 0.472 e. The number of nitrogen functional groups attached to an aromatic ring is 4. The molecule has 0 saturated carbocycles. The molecule has 0 radical (unpaired) electrons. The molecule has 0 spiro atoms. The van der Waals surface area contributed by atoms with E-state index >= 15 is 0 Å². The van der Waals surface area contributed by atoms with Gasteiger partial charge in [0, 0.05) is 0 Å². The Hall–Kier alpha value is -6.37. The van der Waals surface area contributed by atoms with Crippen LogP contribution in [-0.2, 0) is 78.0 Å². The van der Waals surface area contributed by atoms with E-state index in [1.807, 2.05) is 0 Å². The molecule has 19 atom stereocenters. The quantitative estimate of drug-likeness (QED) is 0.0255. The molecule has 4 fully saturated rings. The van der Waals surface area contributed by atoms with Crippen LogP contribution < -0.4 is 22.9 Å². The molecule has 8 aromatic rings. The third-order valence-corrected chi connectivity index (χ3v) is 18.5. The molecule has 3 unspecified atom stereocenters. The van der Waals surface area contributed by atoms with Crippen LogP contribution in [0.25, 0.3) is 44.7 Å². The second-order valence-electron chi connectivity index (χ2n) is 20.4. The summed E-state index contributed by atoms with van der Waals surface area (Å²) in [6.45, 7) is -4.43. The van der Waals surface area contributed by atoms with E-state index in [1.54, 1.807) is 0 Å². The van der Waals surface area contributed by atoms with E-state index in [1.165, 1.54) is 0 Å². The van der Waals surface area contributed by atoms with Crippen molar-refractivity contribution >= 4 is 107 Å². The maximum absolute atomic E-state index is 14.2. The van der Waals surface area contributed by atoms with Gasteiger partial charge in [0.05, 0.1) is 51.7 Å². The maximum atomic E-state index is 14.2. The van der Waals surface area contributed by atoms with Gasteiger partial charge in [0.15, 0.2) is 70.8 Å². The van der Waals surface area contributed by atoms with Crippen molar-refractivity contribution in [2.45, 2.75) is 98.2 Å². The second-order valence-corrected chi connectivity index (χ2v) is 27.1. The molecule has 12 rings (SSSR count). The molecule has 12 heterocycles. The molecule has 0 amide bonds. The van der Waals surface area contributed by atoms with Crippen molar-refractivity contribution in [2.24, 2.45) is 0 Å². The smallest absolute Gasteiger partial charge is 0.387 e. The molecule has 53 heteroatoms. The van der Waals surface area contributed by atoms with Crippen LogP contribution in [-0.4, -0.2) is 232 Å². The van der Waals surface area contributed by atoms with Crippen molar-refractivity contribution in [1.82, 2.24) is 78.1 Å². The van der Waals surface area contributed by atoms with E-state index in [-0.39, 0.29) is 67.9 Å². The predicted molar refractivity (Wildman–Crippen MR) is 295 cm³/mol. The van der Waals surface area contributed by atoms with E-state index in [4.69, 9.17) is 73.5 Å². The molecule has 0 bridgehead atoms. The summed E-state index contributed by atoms with van der Waals surface area (Å²) in [4.78, 5) is 120. The number of fused-ring (bicyclic) bond motifs is 4. The summed E-state index contributed by atoms with van der Waals surface area (Å²) >= 11 is 0. The topological polar surface area (TPSA) is 697 Å². The Morgan fingerprint density at radius 2 is 0.591 bits per heavy atom. The Morgan fingerprint density at radius 3 is 0.828 bits per heavy atom. The standard InChI is InChI=1S/C40H51N20O28P5/c41-29-17-33(49-5-45-29)57(9-53-17)37-25(85-90(68,69)70)21(61)14(82-37)2-78-91(71,72)87-27-23(63)16(84-39(27)59-11-55-19-31(43)47-7-51-35(19)59)4-80-93(75,76)88-28-24(64)15(83-40(28)60-12-56-20-32(44)48-8-52-36(20)60)3-79-92(73,74)86-26-22(62)13(1-77-89(65,66)67)81-38(26)58-10-54-18-30(42)46-6-50-34(18)58/h5-16,21-28,37-40,61-64H,1-4H2,(H,71,72)(H,73,74)(H,75,76)(H2,41,45,49)(H2,42,46,50)(H2,43,47,51)(H2,44,48,52)(H2,65,66,67)(H2,68,69,70)/t13-,14-,15-,16-,21-,22-,23-,24-,25-,26+,27+,28-,37-,38-,39-,40-/m1/s1. The normalized spacial score (nSPS) is 30.7. The lowest BCUT2D eigenvalue weighted by Gasteiger charge is -2.25. The Bertz CT molecular complexity index is 4350. The van der Waals surface area contributed by atoms with Crippen molar-refractivity contribution in [3.05, 3.63) is 50.6 Å². The first-order valence-corrected chi connectivity index (χ1v) is 33.9. The van der Waals surface area contributed by atoms with Crippen molar-refractivity contribution in [1.29, 1.82) is 0 Å². The van der Waals surface area contributed by atoms with Gasteiger partial charge in [-0.2, -0.15) is 0 Å². The van der Waals surface area contributed by atoms with E-state index < -0.39 is 164 Å². The summed E-state index contributed by atoms with van der Waals surface area (Å²) in [5.41, 5.74) is 23.4. The number of hydrogen-bond acceptors (Lipinski definition) is 37. The number of phosphoric acid groups is 5. The summed E-state index contributed by atoms with van der Waals surface area (Å²) in [5.74, 6) is -0.560. The van der Waals surface area contributed by atoms with Crippen molar-refractivity contribution in [2.75, 3.05) is 49.4 Å². The van der Waals surface area contributed by atoms with E-state index in [0.29, 0.717) is 0 Å². The summed E-state index contributed by atoms with van der Waals surface area (Å²) in [6, 6.07) is 0. The van der Waals surface area contributed by atoms with Gasteiger partial charge in [0.1, 0.15) is 121 Å². The molecule has 4 saturated heterocycles. The maximum Gasteiger partial charge on any atom is 0.472 e. The van der Waals surface area contributed by atoms with Gasteiger partial charge in [-0.3, -0.25) is 54.5 Å². The number of hydrogen-bond donors (Lipinski definition) is 15. The number of rotatable bonds is 24.